The van der Waals surface area contributed by atoms with Crippen LogP contribution in [-0.2, 0) is 21.2 Å². The number of sulfonamides is 1. The first kappa shape index (κ1) is 24.0. The average molecular weight is 500 g/mol. The first-order chi connectivity index (χ1) is 14.8. The molecule has 1 aliphatic heterocycles. The summed E-state index contributed by atoms with van der Waals surface area (Å²) in [6.45, 7) is 11.2. The summed E-state index contributed by atoms with van der Waals surface area (Å²) < 4.78 is 51.4. The molecule has 2 aromatic rings. The molecule has 0 fully saturated rings. The minimum absolute atomic E-state index is 0.103. The van der Waals surface area contributed by atoms with Gasteiger partial charge in [-0.15, -0.1) is 20.1 Å². The summed E-state index contributed by atoms with van der Waals surface area (Å²) in [6.07, 6.45) is 3.17. The SMILES string of the molecule is C=C(C)N(C)S(=O)(=O)c1scc(NC2=NS(=O)N=C2NC(c2ccoc2)C(C)(C)C)c1O. The number of hydrogen-bond acceptors (Lipinski definition) is 8. The lowest BCUT2D eigenvalue weighted by atomic mass is 9.83. The van der Waals surface area contributed by atoms with Gasteiger partial charge in [-0.1, -0.05) is 27.4 Å². The quantitative estimate of drug-likeness (QED) is 0.554. The summed E-state index contributed by atoms with van der Waals surface area (Å²) in [5, 5.41) is 18.1. The highest BCUT2D eigenvalue weighted by Gasteiger charge is 2.33. The first-order valence-corrected chi connectivity index (χ1v) is 12.8. The second-order valence-corrected chi connectivity index (χ2v) is 12.1. The standard InChI is InChI=1S/C19H25N5O5S3/c1-11(2)24(6)32(27,28)18-14(25)13(10-30-18)20-16-17(23-31(26)22-16)21-15(19(3,4)5)12-7-8-29-9-12/h7-10,15,25H,1H2,2-6H3,(H,20,22)(H,21,23). The minimum atomic E-state index is -3.97. The second kappa shape index (κ2) is 8.71. The number of rotatable bonds is 6. The Balaban J connectivity index is 1.88. The largest absolute Gasteiger partial charge is 0.504 e. The van der Waals surface area contributed by atoms with Crippen molar-refractivity contribution in [2.24, 2.45) is 14.2 Å². The first-order valence-electron chi connectivity index (χ1n) is 9.42. The molecule has 13 heteroatoms. The van der Waals surface area contributed by atoms with E-state index < -0.39 is 26.9 Å². The number of amidine groups is 2. The van der Waals surface area contributed by atoms with Gasteiger partial charge in [-0.05, 0) is 18.4 Å². The highest BCUT2D eigenvalue weighted by Crippen LogP contribution is 2.40. The number of aromatic hydroxyl groups is 1. The Kier molecular flexibility index (Phi) is 6.54. The molecule has 0 bridgehead atoms. The van der Waals surface area contributed by atoms with Crippen LogP contribution in [0.5, 0.6) is 5.75 Å². The van der Waals surface area contributed by atoms with Crippen LogP contribution < -0.4 is 10.6 Å². The minimum Gasteiger partial charge on any atom is -0.504 e. The number of nitrogens with one attached hydrogen (secondary N) is 2. The van der Waals surface area contributed by atoms with Crippen LogP contribution in [0.4, 0.5) is 5.69 Å². The normalized spacial score (nSPS) is 17.5. The summed E-state index contributed by atoms with van der Waals surface area (Å²) in [7, 11) is -2.62. The lowest BCUT2D eigenvalue weighted by Gasteiger charge is -2.31. The second-order valence-electron chi connectivity index (χ2n) is 8.23. The van der Waals surface area contributed by atoms with Crippen molar-refractivity contribution in [3.8, 4) is 5.75 Å². The van der Waals surface area contributed by atoms with Gasteiger partial charge >= 0.3 is 0 Å². The van der Waals surface area contributed by atoms with Crippen LogP contribution in [-0.4, -0.2) is 40.8 Å². The molecular weight excluding hydrogens is 474 g/mol. The lowest BCUT2D eigenvalue weighted by Crippen LogP contribution is -2.41. The van der Waals surface area contributed by atoms with Crippen molar-refractivity contribution in [1.82, 2.24) is 9.62 Å². The van der Waals surface area contributed by atoms with Crippen LogP contribution in [0.15, 0.2) is 53.7 Å². The van der Waals surface area contributed by atoms with Gasteiger partial charge in [0, 0.05) is 23.7 Å². The lowest BCUT2D eigenvalue weighted by molar-refractivity contribution is 0.302. The van der Waals surface area contributed by atoms with Gasteiger partial charge in [0.1, 0.15) is 0 Å². The van der Waals surface area contributed by atoms with Crippen molar-refractivity contribution in [2.75, 3.05) is 12.4 Å². The molecule has 2 atom stereocenters. The molecular formula is C19H25N5O5S3. The van der Waals surface area contributed by atoms with Crippen molar-refractivity contribution in [3.63, 3.8) is 0 Å². The molecule has 3 N–H and O–H groups in total. The van der Waals surface area contributed by atoms with Crippen LogP contribution in [0.25, 0.3) is 0 Å². The summed E-state index contributed by atoms with van der Waals surface area (Å²) in [4.78, 5) is 0. The van der Waals surface area contributed by atoms with E-state index in [4.69, 9.17) is 4.42 Å². The van der Waals surface area contributed by atoms with E-state index in [0.29, 0.717) is 5.70 Å². The summed E-state index contributed by atoms with van der Waals surface area (Å²) in [6, 6.07) is 1.57. The van der Waals surface area contributed by atoms with Crippen molar-refractivity contribution in [3.05, 3.63) is 41.8 Å². The molecule has 3 heterocycles. The third-order valence-corrected chi connectivity index (χ3v) is 8.76. The van der Waals surface area contributed by atoms with Gasteiger partial charge in [0.05, 0.1) is 24.3 Å². The fourth-order valence-corrected chi connectivity index (χ4v) is 6.10. The van der Waals surface area contributed by atoms with E-state index in [1.807, 2.05) is 26.8 Å². The van der Waals surface area contributed by atoms with Crippen molar-refractivity contribution in [1.29, 1.82) is 0 Å². The molecule has 1 aliphatic rings. The Bertz CT molecular complexity index is 1210. The van der Waals surface area contributed by atoms with Crippen molar-refractivity contribution >= 4 is 49.9 Å². The molecule has 0 aromatic carbocycles. The van der Waals surface area contributed by atoms with E-state index in [1.54, 1.807) is 19.5 Å². The Morgan fingerprint density at radius 3 is 2.56 bits per heavy atom. The maximum atomic E-state index is 12.7. The van der Waals surface area contributed by atoms with E-state index in [0.717, 1.165) is 21.2 Å². The van der Waals surface area contributed by atoms with Crippen LogP contribution in [0.3, 0.4) is 0 Å². The maximum absolute atomic E-state index is 12.7. The number of nitrogens with zero attached hydrogens (tertiary/aromatic N) is 3. The Hall–Kier alpha value is -2.64. The van der Waals surface area contributed by atoms with E-state index in [9.17, 15) is 17.7 Å². The predicted molar refractivity (Wildman–Crippen MR) is 126 cm³/mol. The van der Waals surface area contributed by atoms with Crippen LogP contribution in [0, 0.1) is 5.41 Å². The van der Waals surface area contributed by atoms with Crippen molar-refractivity contribution < 1.29 is 22.2 Å². The van der Waals surface area contributed by atoms with Gasteiger partial charge < -0.3 is 20.2 Å². The van der Waals surface area contributed by atoms with Gasteiger partial charge in [-0.25, -0.2) is 12.6 Å². The number of allylic oxidation sites excluding steroid dienone is 1. The number of thiophene rings is 1. The van der Waals surface area contributed by atoms with Gasteiger partial charge in [0.2, 0.25) is 0 Å². The van der Waals surface area contributed by atoms with Crippen molar-refractivity contribution in [2.45, 2.75) is 37.9 Å². The molecule has 2 aromatic heterocycles. The zero-order valence-corrected chi connectivity index (χ0v) is 20.7. The number of furan rings is 1. The molecule has 0 amide bonds. The maximum Gasteiger partial charge on any atom is 0.277 e. The third kappa shape index (κ3) is 4.74. The highest BCUT2D eigenvalue weighted by molar-refractivity contribution is 7.91. The predicted octanol–water partition coefficient (Wildman–Crippen LogP) is 3.38. The van der Waals surface area contributed by atoms with E-state index in [-0.39, 0.29) is 33.0 Å². The topological polar surface area (TPSA) is 137 Å². The Labute approximate surface area is 193 Å². The van der Waals surface area contributed by atoms with Gasteiger partial charge in [0.25, 0.3) is 21.2 Å². The van der Waals surface area contributed by atoms with Gasteiger partial charge in [-0.2, -0.15) is 0 Å². The molecule has 32 heavy (non-hydrogen) atoms. The van der Waals surface area contributed by atoms with Crippen LogP contribution in [0.2, 0.25) is 0 Å². The van der Waals surface area contributed by atoms with E-state index >= 15 is 0 Å². The molecule has 3 rings (SSSR count). The zero-order valence-electron chi connectivity index (χ0n) is 18.2. The Morgan fingerprint density at radius 1 is 1.34 bits per heavy atom. The molecule has 174 valence electrons. The van der Waals surface area contributed by atoms with Gasteiger partial charge in [0.15, 0.2) is 21.6 Å². The Morgan fingerprint density at radius 2 is 2.00 bits per heavy atom. The summed E-state index contributed by atoms with van der Waals surface area (Å²) in [5.41, 5.74) is 1.01. The number of anilines is 1. The molecule has 0 spiro atoms. The number of hydrogen-bond donors (Lipinski definition) is 3. The summed E-state index contributed by atoms with van der Waals surface area (Å²) >= 11 is -1.02. The van der Waals surface area contributed by atoms with E-state index in [2.05, 4.69) is 26.0 Å². The molecule has 0 saturated carbocycles. The molecule has 0 saturated heterocycles. The van der Waals surface area contributed by atoms with Gasteiger partial charge in [-0.3, -0.25) is 4.31 Å². The third-order valence-electron chi connectivity index (χ3n) is 4.70. The molecule has 10 nitrogen and oxygen atoms in total. The molecule has 0 radical (unpaired) electrons. The summed E-state index contributed by atoms with van der Waals surface area (Å²) in [5.74, 6) is -0.130. The smallest absolute Gasteiger partial charge is 0.277 e. The average Bonchev–Trinajstić information content (AvgIpc) is 3.40. The fourth-order valence-electron chi connectivity index (χ4n) is 2.88. The fraction of sp³-hybridized carbons (Fsp3) is 0.368. The van der Waals surface area contributed by atoms with E-state index in [1.165, 1.54) is 12.4 Å². The van der Waals surface area contributed by atoms with Crippen LogP contribution in [0.1, 0.15) is 39.3 Å². The molecule has 0 aliphatic carbocycles. The highest BCUT2D eigenvalue weighted by atomic mass is 32.2. The van der Waals surface area contributed by atoms with Crippen LogP contribution >= 0.6 is 11.3 Å². The molecule has 2 unspecified atom stereocenters. The monoisotopic (exact) mass is 499 g/mol. The zero-order chi connectivity index (χ0) is 23.8.